The lowest BCUT2D eigenvalue weighted by Gasteiger charge is -2.18. The fourth-order valence-electron chi connectivity index (χ4n) is 2.79. The minimum Gasteiger partial charge on any atom is -0.497 e. The normalized spacial score (nSPS) is 13.0. The van der Waals surface area contributed by atoms with Gasteiger partial charge < -0.3 is 19.7 Å². The largest absolute Gasteiger partial charge is 0.497 e. The third kappa shape index (κ3) is 5.75. The summed E-state index contributed by atoms with van der Waals surface area (Å²) in [6, 6.07) is 13.7. The van der Waals surface area contributed by atoms with Crippen LogP contribution in [0.5, 0.6) is 11.5 Å². The molecule has 1 amide bonds. The molecule has 0 heterocycles. The van der Waals surface area contributed by atoms with Crippen LogP contribution in [0.2, 0.25) is 0 Å². The number of amides is 1. The molecule has 2 aromatic carbocycles. The van der Waals surface area contributed by atoms with Crippen molar-refractivity contribution < 1.29 is 19.2 Å². The Morgan fingerprint density at radius 1 is 1.15 bits per heavy atom. The average Bonchev–Trinajstić information content (AvgIpc) is 2.62. The van der Waals surface area contributed by atoms with Gasteiger partial charge in [0.2, 0.25) is 0 Å². The van der Waals surface area contributed by atoms with Gasteiger partial charge in [0.25, 0.3) is 5.91 Å². The Labute approximate surface area is 163 Å². The van der Waals surface area contributed by atoms with E-state index in [0.717, 1.165) is 32.0 Å². The zero-order valence-electron chi connectivity index (χ0n) is 15.6. The van der Waals surface area contributed by atoms with Crippen LogP contribution in [0.3, 0.4) is 0 Å². The number of carbonyl (C=O) groups excluding carboxylic acids is 1. The second kappa shape index (κ2) is 9.59. The fourth-order valence-corrected chi connectivity index (χ4v) is 3.05. The van der Waals surface area contributed by atoms with E-state index in [1.807, 2.05) is 56.4 Å². The standard InChI is InChI=1S/C20H25BrN2O3/c1-14(15-5-8-17(21)9-6-15)22-20(24)13-23(2)12-16-7-10-18(25-3)11-19(16)26-4/h5-11,14H,12-13H2,1-4H3,(H,22,24)/p+1/t14-/m1/s1. The van der Waals surface area contributed by atoms with Crippen LogP contribution in [0.4, 0.5) is 0 Å². The summed E-state index contributed by atoms with van der Waals surface area (Å²) in [5.41, 5.74) is 2.12. The second-order valence-electron chi connectivity index (χ2n) is 6.33. The molecule has 5 nitrogen and oxygen atoms in total. The van der Waals surface area contributed by atoms with Crippen molar-refractivity contribution in [1.29, 1.82) is 0 Å². The van der Waals surface area contributed by atoms with Crippen LogP contribution in [0, 0.1) is 0 Å². The molecule has 2 N–H and O–H groups in total. The Morgan fingerprint density at radius 2 is 1.85 bits per heavy atom. The molecule has 6 heteroatoms. The first-order valence-corrected chi connectivity index (χ1v) is 9.29. The SMILES string of the molecule is COc1ccc(C[NH+](C)CC(=O)N[C@H](C)c2ccc(Br)cc2)c(OC)c1. The minimum atomic E-state index is -0.0288. The maximum atomic E-state index is 12.4. The first-order valence-electron chi connectivity index (χ1n) is 8.50. The summed E-state index contributed by atoms with van der Waals surface area (Å²) < 4.78 is 11.7. The number of carbonyl (C=O) groups is 1. The summed E-state index contributed by atoms with van der Waals surface area (Å²) in [5, 5.41) is 3.05. The maximum Gasteiger partial charge on any atom is 0.275 e. The molecule has 0 saturated heterocycles. The molecule has 0 bridgehead atoms. The lowest BCUT2D eigenvalue weighted by molar-refractivity contribution is -0.885. The maximum absolute atomic E-state index is 12.4. The van der Waals surface area contributed by atoms with Gasteiger partial charge in [0.1, 0.15) is 18.0 Å². The first-order chi connectivity index (χ1) is 12.4. The van der Waals surface area contributed by atoms with Gasteiger partial charge in [-0.2, -0.15) is 0 Å². The van der Waals surface area contributed by atoms with E-state index >= 15 is 0 Å². The van der Waals surface area contributed by atoms with Gasteiger partial charge in [0.15, 0.2) is 6.54 Å². The van der Waals surface area contributed by atoms with Crippen molar-refractivity contribution in [2.45, 2.75) is 19.5 Å². The molecule has 0 aromatic heterocycles. The van der Waals surface area contributed by atoms with Gasteiger partial charge in [-0.15, -0.1) is 0 Å². The van der Waals surface area contributed by atoms with Crippen molar-refractivity contribution in [3.05, 3.63) is 58.1 Å². The van der Waals surface area contributed by atoms with Crippen molar-refractivity contribution in [3.63, 3.8) is 0 Å². The Hall–Kier alpha value is -2.05. The van der Waals surface area contributed by atoms with Crippen molar-refractivity contribution >= 4 is 21.8 Å². The Bertz CT molecular complexity index is 734. The molecule has 0 aliphatic rings. The zero-order chi connectivity index (χ0) is 19.1. The first kappa shape index (κ1) is 20.3. The van der Waals surface area contributed by atoms with Crippen LogP contribution < -0.4 is 19.7 Å². The number of rotatable bonds is 8. The number of likely N-dealkylation sites (N-methyl/N-ethyl adjacent to an activating group) is 1. The van der Waals surface area contributed by atoms with E-state index < -0.39 is 0 Å². The lowest BCUT2D eigenvalue weighted by Crippen LogP contribution is -3.08. The van der Waals surface area contributed by atoms with Crippen LogP contribution in [0.15, 0.2) is 46.9 Å². The van der Waals surface area contributed by atoms with E-state index in [1.165, 1.54) is 0 Å². The van der Waals surface area contributed by atoms with E-state index in [0.29, 0.717) is 13.1 Å². The van der Waals surface area contributed by atoms with E-state index in [-0.39, 0.29) is 11.9 Å². The van der Waals surface area contributed by atoms with Crippen LogP contribution in [0.1, 0.15) is 24.1 Å². The molecule has 2 rings (SSSR count). The average molecular weight is 422 g/mol. The summed E-state index contributed by atoms with van der Waals surface area (Å²) in [6.45, 7) is 3.06. The minimum absolute atomic E-state index is 0.0189. The molecule has 2 aromatic rings. The number of quaternary nitrogens is 1. The topological polar surface area (TPSA) is 52.0 Å². The number of methoxy groups -OCH3 is 2. The molecule has 0 spiro atoms. The molecule has 2 atom stereocenters. The fraction of sp³-hybridized carbons (Fsp3) is 0.350. The Morgan fingerprint density at radius 3 is 2.46 bits per heavy atom. The number of halogens is 1. The van der Waals surface area contributed by atoms with E-state index in [9.17, 15) is 4.79 Å². The van der Waals surface area contributed by atoms with E-state index in [1.54, 1.807) is 14.2 Å². The highest BCUT2D eigenvalue weighted by Gasteiger charge is 2.16. The molecule has 140 valence electrons. The van der Waals surface area contributed by atoms with Crippen LogP contribution in [-0.2, 0) is 11.3 Å². The highest BCUT2D eigenvalue weighted by atomic mass is 79.9. The smallest absolute Gasteiger partial charge is 0.275 e. The van der Waals surface area contributed by atoms with Gasteiger partial charge in [0.05, 0.1) is 27.3 Å². The van der Waals surface area contributed by atoms with Crippen molar-refractivity contribution in [1.82, 2.24) is 5.32 Å². The zero-order valence-corrected chi connectivity index (χ0v) is 17.2. The van der Waals surface area contributed by atoms with Gasteiger partial charge in [0, 0.05) is 16.1 Å². The molecule has 0 fully saturated rings. The highest BCUT2D eigenvalue weighted by molar-refractivity contribution is 9.10. The van der Waals surface area contributed by atoms with Crippen molar-refractivity contribution in [2.75, 3.05) is 27.8 Å². The summed E-state index contributed by atoms with van der Waals surface area (Å²) >= 11 is 3.42. The third-order valence-corrected chi connectivity index (χ3v) is 4.72. The summed E-state index contributed by atoms with van der Waals surface area (Å²) in [6.07, 6.45) is 0. The van der Waals surface area contributed by atoms with Gasteiger partial charge in [-0.1, -0.05) is 28.1 Å². The molecule has 26 heavy (non-hydrogen) atoms. The molecule has 0 aliphatic carbocycles. The molecular weight excluding hydrogens is 396 g/mol. The monoisotopic (exact) mass is 421 g/mol. The van der Waals surface area contributed by atoms with Gasteiger partial charge in [-0.05, 0) is 36.8 Å². The number of nitrogens with one attached hydrogen (secondary N) is 2. The number of hydrogen-bond acceptors (Lipinski definition) is 3. The molecule has 1 unspecified atom stereocenters. The Balaban J connectivity index is 1.91. The van der Waals surface area contributed by atoms with Crippen LogP contribution in [0.25, 0.3) is 0 Å². The lowest BCUT2D eigenvalue weighted by atomic mass is 10.1. The Kier molecular flexibility index (Phi) is 7.48. The van der Waals surface area contributed by atoms with Crippen LogP contribution in [-0.4, -0.2) is 33.7 Å². The summed E-state index contributed by atoms with van der Waals surface area (Å²) in [4.78, 5) is 13.4. The quantitative estimate of drug-likeness (QED) is 0.687. The number of hydrogen-bond donors (Lipinski definition) is 2. The van der Waals surface area contributed by atoms with E-state index in [2.05, 4.69) is 21.2 Å². The predicted octanol–water partition coefficient (Wildman–Crippen LogP) is 2.36. The van der Waals surface area contributed by atoms with Gasteiger partial charge >= 0.3 is 0 Å². The van der Waals surface area contributed by atoms with Crippen LogP contribution >= 0.6 is 15.9 Å². The predicted molar refractivity (Wildman–Crippen MR) is 106 cm³/mol. The molecular formula is C20H26BrN2O3+. The van der Waals surface area contributed by atoms with Gasteiger partial charge in [-0.25, -0.2) is 0 Å². The van der Waals surface area contributed by atoms with Crippen molar-refractivity contribution in [2.24, 2.45) is 0 Å². The highest BCUT2D eigenvalue weighted by Crippen LogP contribution is 2.23. The van der Waals surface area contributed by atoms with Crippen molar-refractivity contribution in [3.8, 4) is 11.5 Å². The van der Waals surface area contributed by atoms with E-state index in [4.69, 9.17) is 9.47 Å². The number of benzene rings is 2. The second-order valence-corrected chi connectivity index (χ2v) is 7.24. The molecule has 0 saturated carbocycles. The molecule has 0 aliphatic heterocycles. The molecule has 0 radical (unpaired) electrons. The summed E-state index contributed by atoms with van der Waals surface area (Å²) in [5.74, 6) is 1.54. The van der Waals surface area contributed by atoms with Gasteiger partial charge in [-0.3, -0.25) is 4.79 Å². The number of ether oxygens (including phenoxy) is 2. The summed E-state index contributed by atoms with van der Waals surface area (Å²) in [7, 11) is 5.26. The third-order valence-electron chi connectivity index (χ3n) is 4.20.